The van der Waals surface area contributed by atoms with Crippen molar-refractivity contribution in [3.05, 3.63) is 86.3 Å². The molecule has 0 fully saturated rings. The van der Waals surface area contributed by atoms with E-state index in [0.717, 1.165) is 15.9 Å². The van der Waals surface area contributed by atoms with E-state index in [-0.39, 0.29) is 11.2 Å². The molecule has 0 aliphatic rings. The third kappa shape index (κ3) is 3.99. The van der Waals surface area contributed by atoms with Crippen LogP contribution in [0.5, 0.6) is 0 Å². The van der Waals surface area contributed by atoms with E-state index in [1.54, 1.807) is 7.05 Å². The minimum Gasteiger partial charge on any atom is -0.378 e. The molecule has 10 nitrogen and oxygen atoms in total. The van der Waals surface area contributed by atoms with E-state index >= 15 is 0 Å². The van der Waals surface area contributed by atoms with Crippen LogP contribution in [-0.2, 0) is 20.6 Å². The molecule has 2 N–H and O–H groups in total. The molecule has 5 aromatic rings. The van der Waals surface area contributed by atoms with Crippen LogP contribution in [0.4, 0.5) is 5.69 Å². The number of H-pyrrole nitrogens is 1. The molecule has 0 saturated carbocycles. The van der Waals surface area contributed by atoms with Gasteiger partial charge in [-0.3, -0.25) is 18.5 Å². The van der Waals surface area contributed by atoms with Gasteiger partial charge in [0.2, 0.25) is 5.16 Å². The molecule has 3 heterocycles. The van der Waals surface area contributed by atoms with Crippen LogP contribution < -0.4 is 16.6 Å². The van der Waals surface area contributed by atoms with Crippen LogP contribution in [0.15, 0.2) is 74.5 Å². The molecule has 12 heteroatoms. The lowest BCUT2D eigenvalue weighted by Crippen LogP contribution is -2.36. The average Bonchev–Trinajstić information content (AvgIpc) is 3.46. The van der Waals surface area contributed by atoms with Gasteiger partial charge in [-0.1, -0.05) is 29.8 Å². The number of halogens is 1. The molecule has 3 aromatic heterocycles. The third-order valence-electron chi connectivity index (χ3n) is 5.27. The number of hydrogen-bond acceptors (Lipinski definition) is 7. The maximum absolute atomic E-state index is 12.5. The summed E-state index contributed by atoms with van der Waals surface area (Å²) in [6.45, 7) is 0.416. The first-order valence-corrected chi connectivity index (χ1v) is 11.4. The van der Waals surface area contributed by atoms with Crippen molar-refractivity contribution in [1.29, 1.82) is 0 Å². The summed E-state index contributed by atoms with van der Waals surface area (Å²) in [4.78, 5) is 32.3. The van der Waals surface area contributed by atoms with Gasteiger partial charge in [-0.15, -0.1) is 10.2 Å². The summed E-state index contributed by atoms with van der Waals surface area (Å²) in [5.74, 6) is 0.683. The highest BCUT2D eigenvalue weighted by Gasteiger charge is 2.19. The van der Waals surface area contributed by atoms with Crippen LogP contribution in [-0.4, -0.2) is 33.9 Å². The normalized spacial score (nSPS) is 11.3. The summed E-state index contributed by atoms with van der Waals surface area (Å²) in [6, 6.07) is 17.1. The first kappa shape index (κ1) is 22.0. The van der Waals surface area contributed by atoms with E-state index in [1.807, 2.05) is 59.2 Å². The fourth-order valence-electron chi connectivity index (χ4n) is 3.51. The van der Waals surface area contributed by atoms with Crippen LogP contribution in [0.3, 0.4) is 0 Å². The summed E-state index contributed by atoms with van der Waals surface area (Å²) < 4.78 is 4.29. The van der Waals surface area contributed by atoms with Crippen LogP contribution >= 0.6 is 23.4 Å². The largest absolute Gasteiger partial charge is 0.378 e. The number of nitrogens with one attached hydrogen (secondary N) is 2. The van der Waals surface area contributed by atoms with Gasteiger partial charge >= 0.3 is 5.69 Å². The highest BCUT2D eigenvalue weighted by Crippen LogP contribution is 2.28. The quantitative estimate of drug-likeness (QED) is 0.373. The molecule has 0 bridgehead atoms. The van der Waals surface area contributed by atoms with Crippen molar-refractivity contribution in [2.75, 3.05) is 5.32 Å². The SMILES string of the molecule is Cn1c(=O)c2[nH]c(Sc3nnc(CNc4ccc(Cl)cc4)n3-c3ccccc3)nc2n(C)c1=O. The Hall–Kier alpha value is -3.83. The average molecular weight is 495 g/mol. The van der Waals surface area contributed by atoms with Crippen molar-refractivity contribution in [1.82, 2.24) is 33.9 Å². The lowest BCUT2D eigenvalue weighted by atomic mass is 10.3. The molecule has 0 aliphatic heterocycles. The maximum Gasteiger partial charge on any atom is 0.332 e. The smallest absolute Gasteiger partial charge is 0.332 e. The second kappa shape index (κ2) is 8.84. The maximum atomic E-state index is 12.5. The van der Waals surface area contributed by atoms with E-state index in [1.165, 1.54) is 23.4 Å². The molecule has 0 unspecified atom stereocenters. The number of hydrogen-bond donors (Lipinski definition) is 2. The predicted octanol–water partition coefficient (Wildman–Crippen LogP) is 2.96. The van der Waals surface area contributed by atoms with Crippen molar-refractivity contribution < 1.29 is 0 Å². The zero-order valence-corrected chi connectivity index (χ0v) is 19.8. The van der Waals surface area contributed by atoms with Gasteiger partial charge in [0.05, 0.1) is 6.54 Å². The number of aromatic nitrogens is 7. The van der Waals surface area contributed by atoms with Gasteiger partial charge in [-0.05, 0) is 48.2 Å². The number of benzene rings is 2. The van der Waals surface area contributed by atoms with Crippen LogP contribution in [0.2, 0.25) is 5.02 Å². The van der Waals surface area contributed by atoms with Crippen molar-refractivity contribution >= 4 is 40.2 Å². The van der Waals surface area contributed by atoms with Crippen molar-refractivity contribution in [3.63, 3.8) is 0 Å². The number of nitrogens with zero attached hydrogens (tertiary/aromatic N) is 6. The molecular weight excluding hydrogens is 476 g/mol. The molecule has 172 valence electrons. The molecule has 5 rings (SSSR count). The number of para-hydroxylation sites is 1. The second-order valence-corrected chi connectivity index (χ2v) is 8.87. The van der Waals surface area contributed by atoms with Crippen LogP contribution in [0.1, 0.15) is 5.82 Å². The second-order valence-electron chi connectivity index (χ2n) is 7.48. The molecule has 2 aromatic carbocycles. The number of rotatable bonds is 6. The Labute approximate surface area is 202 Å². The van der Waals surface area contributed by atoms with Crippen molar-refractivity contribution in [3.8, 4) is 5.69 Å². The molecule has 34 heavy (non-hydrogen) atoms. The Morgan fingerprint density at radius 1 is 1.00 bits per heavy atom. The van der Waals surface area contributed by atoms with Gasteiger partial charge in [-0.2, -0.15) is 0 Å². The van der Waals surface area contributed by atoms with Gasteiger partial charge in [0, 0.05) is 30.5 Å². The van der Waals surface area contributed by atoms with Crippen LogP contribution in [0, 0.1) is 0 Å². The van der Waals surface area contributed by atoms with Gasteiger partial charge < -0.3 is 10.3 Å². The highest BCUT2D eigenvalue weighted by atomic mass is 35.5. The molecule has 0 aliphatic carbocycles. The summed E-state index contributed by atoms with van der Waals surface area (Å²) in [5.41, 5.74) is 1.43. The Morgan fingerprint density at radius 2 is 1.74 bits per heavy atom. The Balaban J connectivity index is 1.52. The molecule has 0 atom stereocenters. The molecule has 0 spiro atoms. The Bertz CT molecular complexity index is 1600. The lowest BCUT2D eigenvalue weighted by molar-refractivity contribution is 0.708. The summed E-state index contributed by atoms with van der Waals surface area (Å²) in [5, 5.41) is 13.7. The fraction of sp³-hybridized carbons (Fsp3) is 0.136. The number of fused-ring (bicyclic) bond motifs is 1. The highest BCUT2D eigenvalue weighted by molar-refractivity contribution is 7.99. The monoisotopic (exact) mass is 494 g/mol. The minimum absolute atomic E-state index is 0.252. The Kier molecular flexibility index (Phi) is 5.72. The van der Waals surface area contributed by atoms with E-state index in [0.29, 0.717) is 27.7 Å². The zero-order valence-electron chi connectivity index (χ0n) is 18.2. The lowest BCUT2D eigenvalue weighted by Gasteiger charge is -2.11. The van der Waals surface area contributed by atoms with Gasteiger partial charge in [0.25, 0.3) is 5.56 Å². The van der Waals surface area contributed by atoms with Crippen molar-refractivity contribution in [2.24, 2.45) is 14.1 Å². The number of imidazole rings is 1. The van der Waals surface area contributed by atoms with Crippen molar-refractivity contribution in [2.45, 2.75) is 16.9 Å². The molecular formula is C22H19ClN8O2S. The minimum atomic E-state index is -0.441. The van der Waals surface area contributed by atoms with Gasteiger partial charge in [0.15, 0.2) is 22.1 Å². The number of aromatic amines is 1. The predicted molar refractivity (Wildman–Crippen MR) is 131 cm³/mol. The van der Waals surface area contributed by atoms with E-state index < -0.39 is 11.2 Å². The number of aryl methyl sites for hydroxylation is 1. The standard InChI is InChI=1S/C22H19ClN8O2S/c1-29-18-17(19(32)30(2)22(29)33)25-20(26-18)34-21-28-27-16(31(21)15-6-4-3-5-7-15)12-24-14-10-8-13(23)9-11-14/h3-11,24H,12H2,1-2H3,(H,25,26). The summed E-state index contributed by atoms with van der Waals surface area (Å²) >= 11 is 7.20. The third-order valence-corrected chi connectivity index (χ3v) is 6.36. The van der Waals surface area contributed by atoms with Crippen LogP contribution in [0.25, 0.3) is 16.9 Å². The van der Waals surface area contributed by atoms with E-state index in [9.17, 15) is 9.59 Å². The van der Waals surface area contributed by atoms with E-state index in [4.69, 9.17) is 11.6 Å². The van der Waals surface area contributed by atoms with E-state index in [2.05, 4.69) is 25.5 Å². The van der Waals surface area contributed by atoms with Gasteiger partial charge in [0.1, 0.15) is 0 Å². The first-order valence-electron chi connectivity index (χ1n) is 10.2. The number of anilines is 1. The first-order chi connectivity index (χ1) is 16.4. The molecule has 0 amide bonds. The zero-order chi connectivity index (χ0) is 23.8. The summed E-state index contributed by atoms with van der Waals surface area (Å²) in [6.07, 6.45) is 0. The fourth-order valence-corrected chi connectivity index (χ4v) is 4.47. The topological polar surface area (TPSA) is 115 Å². The molecule has 0 saturated heterocycles. The Morgan fingerprint density at radius 3 is 2.47 bits per heavy atom. The summed E-state index contributed by atoms with van der Waals surface area (Å²) in [7, 11) is 3.01. The molecule has 0 radical (unpaired) electrons. The van der Waals surface area contributed by atoms with Gasteiger partial charge in [-0.25, -0.2) is 9.78 Å².